The number of hydrogen-bond acceptors (Lipinski definition) is 8. The van der Waals surface area contributed by atoms with Crippen LogP contribution in [0.3, 0.4) is 0 Å². The van der Waals surface area contributed by atoms with Gasteiger partial charge >= 0.3 is 0 Å². The zero-order valence-corrected chi connectivity index (χ0v) is 22.6. The minimum absolute atomic E-state index is 0.0649. The number of halogens is 1. The minimum atomic E-state index is -3.98. The van der Waals surface area contributed by atoms with Gasteiger partial charge in [-0.25, -0.2) is 9.97 Å². The second-order valence-corrected chi connectivity index (χ2v) is 11.7. The van der Waals surface area contributed by atoms with E-state index in [2.05, 4.69) is 32.4 Å². The molecule has 1 aliphatic heterocycles. The fourth-order valence-corrected chi connectivity index (χ4v) is 5.55. The zero-order valence-electron chi connectivity index (χ0n) is 21.1. The van der Waals surface area contributed by atoms with E-state index in [1.54, 1.807) is 18.5 Å². The van der Waals surface area contributed by atoms with Crippen molar-refractivity contribution in [2.24, 2.45) is 0 Å². The third-order valence-electron chi connectivity index (χ3n) is 7.08. The van der Waals surface area contributed by atoms with Crippen LogP contribution >= 0.6 is 11.6 Å². The van der Waals surface area contributed by atoms with Gasteiger partial charge in [0.25, 0.3) is 10.1 Å². The van der Waals surface area contributed by atoms with E-state index in [1.165, 1.54) is 5.56 Å². The van der Waals surface area contributed by atoms with Crippen LogP contribution in [0.4, 0.5) is 5.82 Å². The Hall–Kier alpha value is -2.31. The van der Waals surface area contributed by atoms with Crippen molar-refractivity contribution in [1.82, 2.24) is 25.5 Å². The third-order valence-corrected chi connectivity index (χ3v) is 8.05. The van der Waals surface area contributed by atoms with Crippen LogP contribution in [0, 0.1) is 0 Å². The van der Waals surface area contributed by atoms with Gasteiger partial charge in [-0.1, -0.05) is 30.7 Å². The number of fused-ring (bicyclic) bond motifs is 1. The first kappa shape index (κ1) is 27.7. The highest BCUT2D eigenvalue weighted by Gasteiger charge is 2.32. The molecule has 2 heterocycles. The maximum Gasteiger partial charge on any atom is 0.266 e. The summed E-state index contributed by atoms with van der Waals surface area (Å²) in [6.07, 6.45) is 3.76. The summed E-state index contributed by atoms with van der Waals surface area (Å²) < 4.78 is 30.5. The van der Waals surface area contributed by atoms with Crippen LogP contribution in [-0.4, -0.2) is 91.9 Å². The average molecular weight is 551 g/mol. The molecular weight excluding hydrogens is 516 g/mol. The lowest BCUT2D eigenvalue weighted by atomic mass is 9.97. The predicted octanol–water partition coefficient (Wildman–Crippen LogP) is 1.68. The summed E-state index contributed by atoms with van der Waals surface area (Å²) in [4.78, 5) is 26.9. The van der Waals surface area contributed by atoms with Crippen LogP contribution in [0.25, 0.3) is 0 Å². The molecule has 3 N–H and O–H groups in total. The van der Waals surface area contributed by atoms with Crippen LogP contribution in [0.2, 0.25) is 5.02 Å². The lowest BCUT2D eigenvalue weighted by Crippen LogP contribution is -2.51. The first-order chi connectivity index (χ1) is 17.7. The fourth-order valence-electron chi connectivity index (χ4n) is 5.03. The number of carbonyl (C=O) groups excluding carboxylic acids is 1. The molecule has 2 unspecified atom stereocenters. The molecule has 2 aromatic rings. The number of benzene rings is 1. The summed E-state index contributed by atoms with van der Waals surface area (Å²) >= 11 is 6.08. The molecular formula is C25H35ClN6O4S. The quantitative estimate of drug-likeness (QED) is 0.283. The number of carbonyl (C=O) groups is 1. The highest BCUT2D eigenvalue weighted by Crippen LogP contribution is 2.37. The number of nitrogens with zero attached hydrogens (tertiary/aromatic N) is 4. The fraction of sp³-hybridized carbons (Fsp3) is 0.560. The zero-order chi connectivity index (χ0) is 26.4. The lowest BCUT2D eigenvalue weighted by molar-refractivity contribution is -0.133. The highest BCUT2D eigenvalue weighted by molar-refractivity contribution is 7.85. The first-order valence-electron chi connectivity index (χ1n) is 12.7. The summed E-state index contributed by atoms with van der Waals surface area (Å²) in [5.41, 5.74) is 3.30. The molecule has 10 nitrogen and oxygen atoms in total. The topological polar surface area (TPSA) is 128 Å². The first-order valence-corrected chi connectivity index (χ1v) is 14.7. The maximum atomic E-state index is 13.6. The minimum Gasteiger partial charge on any atom is -0.353 e. The van der Waals surface area contributed by atoms with E-state index in [1.807, 2.05) is 17.0 Å². The summed E-state index contributed by atoms with van der Waals surface area (Å²) in [5, 5.41) is 6.88. The third kappa shape index (κ3) is 7.38. The van der Waals surface area contributed by atoms with E-state index in [4.69, 9.17) is 16.2 Å². The van der Waals surface area contributed by atoms with Gasteiger partial charge in [-0.15, -0.1) is 0 Å². The van der Waals surface area contributed by atoms with E-state index in [0.717, 1.165) is 43.0 Å². The van der Waals surface area contributed by atoms with Crippen molar-refractivity contribution in [3.8, 4) is 0 Å². The second-order valence-electron chi connectivity index (χ2n) is 9.65. The molecule has 2 aliphatic rings. The van der Waals surface area contributed by atoms with E-state index < -0.39 is 10.1 Å². The van der Waals surface area contributed by atoms with Gasteiger partial charge in [0.15, 0.2) is 0 Å². The molecule has 1 aromatic carbocycles. The van der Waals surface area contributed by atoms with E-state index >= 15 is 0 Å². The van der Waals surface area contributed by atoms with Gasteiger partial charge in [0.05, 0.1) is 11.7 Å². The molecule has 202 valence electrons. The lowest BCUT2D eigenvalue weighted by Gasteiger charge is -2.38. The number of anilines is 1. The molecule has 1 aliphatic carbocycles. The molecule has 0 bridgehead atoms. The molecule has 12 heteroatoms. The molecule has 1 aromatic heterocycles. The molecule has 1 fully saturated rings. The maximum absolute atomic E-state index is 13.6. The summed E-state index contributed by atoms with van der Waals surface area (Å²) in [5.74, 6) is 0.829. The molecule has 0 spiro atoms. The van der Waals surface area contributed by atoms with Gasteiger partial charge in [0, 0.05) is 68.6 Å². The number of aromatic nitrogens is 2. The van der Waals surface area contributed by atoms with Crippen molar-refractivity contribution in [3.05, 3.63) is 52.4 Å². The average Bonchev–Trinajstić information content (AvgIpc) is 3.26. The van der Waals surface area contributed by atoms with Crippen LogP contribution < -0.4 is 15.5 Å². The number of aryl methyl sites for hydroxylation is 1. The van der Waals surface area contributed by atoms with Gasteiger partial charge in [0.2, 0.25) is 5.91 Å². The van der Waals surface area contributed by atoms with Crippen molar-refractivity contribution < 1.29 is 17.8 Å². The van der Waals surface area contributed by atoms with Crippen LogP contribution in [0.15, 0.2) is 30.6 Å². The Labute approximate surface area is 223 Å². The summed E-state index contributed by atoms with van der Waals surface area (Å²) in [6, 6.07) is 7.36. The van der Waals surface area contributed by atoms with Gasteiger partial charge in [-0.2, -0.15) is 8.42 Å². The van der Waals surface area contributed by atoms with Crippen molar-refractivity contribution in [2.75, 3.05) is 63.0 Å². The van der Waals surface area contributed by atoms with Gasteiger partial charge in [0.1, 0.15) is 12.1 Å². The summed E-state index contributed by atoms with van der Waals surface area (Å²) in [6.45, 7) is 6.58. The van der Waals surface area contributed by atoms with Crippen molar-refractivity contribution in [1.29, 1.82) is 0 Å². The van der Waals surface area contributed by atoms with Gasteiger partial charge in [-0.3, -0.25) is 9.35 Å². The van der Waals surface area contributed by atoms with Gasteiger partial charge in [-0.05, 0) is 36.5 Å². The van der Waals surface area contributed by atoms with Crippen molar-refractivity contribution in [3.63, 3.8) is 0 Å². The number of amides is 1. The Balaban J connectivity index is 1.34. The van der Waals surface area contributed by atoms with Gasteiger partial charge < -0.3 is 20.4 Å². The highest BCUT2D eigenvalue weighted by atomic mass is 35.5. The molecule has 2 atom stereocenters. The second kappa shape index (κ2) is 12.5. The Morgan fingerprint density at radius 3 is 2.51 bits per heavy atom. The Morgan fingerprint density at radius 1 is 1.11 bits per heavy atom. The number of rotatable bonds is 11. The normalized spacial score (nSPS) is 18.6. The molecule has 0 saturated carbocycles. The number of nitrogens with one attached hydrogen (secondary N) is 2. The standard InChI is InChI=1S/C25H35ClN6O4S/c1-18-2-7-22-23(18)24(30-17-29-22)31-11-13-32(14-12-31)25(33)21(19-3-5-20(26)6-4-19)16-28-9-8-27-10-15-37(34,35)36/h3-6,17-18,21,27-28H,2,7-16H2,1H3,(H,34,35,36). The Morgan fingerprint density at radius 2 is 1.81 bits per heavy atom. The Bertz CT molecular complexity index is 1170. The van der Waals surface area contributed by atoms with E-state index in [0.29, 0.717) is 43.7 Å². The number of hydrogen-bond donors (Lipinski definition) is 3. The molecule has 1 amide bonds. The molecule has 1 saturated heterocycles. The van der Waals surface area contributed by atoms with Crippen molar-refractivity contribution in [2.45, 2.75) is 31.6 Å². The summed E-state index contributed by atoms with van der Waals surface area (Å²) in [7, 11) is -3.98. The predicted molar refractivity (Wildman–Crippen MR) is 144 cm³/mol. The van der Waals surface area contributed by atoms with Crippen molar-refractivity contribution >= 4 is 33.4 Å². The van der Waals surface area contributed by atoms with Crippen LogP contribution in [0.5, 0.6) is 0 Å². The molecule has 4 rings (SSSR count). The molecule has 37 heavy (non-hydrogen) atoms. The molecule has 0 radical (unpaired) electrons. The van der Waals surface area contributed by atoms with E-state index in [-0.39, 0.29) is 24.1 Å². The monoisotopic (exact) mass is 550 g/mol. The van der Waals surface area contributed by atoms with Crippen LogP contribution in [-0.2, 0) is 21.3 Å². The SMILES string of the molecule is CC1CCc2ncnc(N3CCN(C(=O)C(CNCCNCCS(=O)(=O)O)c4ccc(Cl)cc4)CC3)c21. The largest absolute Gasteiger partial charge is 0.353 e. The number of piperazine rings is 1. The van der Waals surface area contributed by atoms with Crippen LogP contribution in [0.1, 0.15) is 42.0 Å². The smallest absolute Gasteiger partial charge is 0.266 e. The van der Waals surface area contributed by atoms with E-state index in [9.17, 15) is 13.2 Å². The Kier molecular flexibility index (Phi) is 9.36.